The number of para-hydroxylation sites is 1. The fraction of sp³-hybridized carbons (Fsp3) is 0.333. The van der Waals surface area contributed by atoms with E-state index in [1.807, 2.05) is 18.2 Å². The second-order valence-electron chi connectivity index (χ2n) is 3.82. The molecule has 0 saturated carbocycles. The smallest absolute Gasteiger partial charge is 0.134 e. The van der Waals surface area contributed by atoms with E-state index in [1.165, 1.54) is 0 Å². The molecule has 0 atom stereocenters. The van der Waals surface area contributed by atoms with Gasteiger partial charge in [0.25, 0.3) is 0 Å². The van der Waals surface area contributed by atoms with Crippen LogP contribution in [0.1, 0.15) is 13.8 Å². The van der Waals surface area contributed by atoms with Gasteiger partial charge in [0.2, 0.25) is 0 Å². The number of carbonyl (C=O) groups excluding carboxylic acids is 2. The van der Waals surface area contributed by atoms with Crippen LogP contribution < -0.4 is 4.74 Å². The van der Waals surface area contributed by atoms with Crippen LogP contribution in [-0.4, -0.2) is 18.2 Å². The molecular weight excluding hydrogens is 192 g/mol. The van der Waals surface area contributed by atoms with E-state index in [0.717, 1.165) is 0 Å². The van der Waals surface area contributed by atoms with Gasteiger partial charge in [0.15, 0.2) is 0 Å². The summed E-state index contributed by atoms with van der Waals surface area (Å²) in [5, 5.41) is 0. The molecule has 3 nitrogen and oxygen atoms in total. The van der Waals surface area contributed by atoms with Crippen molar-refractivity contribution >= 4 is 12.6 Å². The summed E-state index contributed by atoms with van der Waals surface area (Å²) in [5.74, 6) is -0.103. The molecular formula is C12H14O3. The van der Waals surface area contributed by atoms with Gasteiger partial charge in [-0.2, -0.15) is 0 Å². The Kier molecular flexibility index (Phi) is 3.61. The van der Waals surface area contributed by atoms with Gasteiger partial charge in [0.1, 0.15) is 29.8 Å². The molecule has 0 N–H and O–H groups in total. The van der Waals surface area contributed by atoms with Crippen LogP contribution in [-0.2, 0) is 9.59 Å². The summed E-state index contributed by atoms with van der Waals surface area (Å²) in [6.45, 7) is 3.43. The molecule has 15 heavy (non-hydrogen) atoms. The van der Waals surface area contributed by atoms with Gasteiger partial charge in [0.05, 0.1) is 0 Å². The third-order valence-corrected chi connectivity index (χ3v) is 2.22. The number of carbonyl (C=O) groups is 2. The van der Waals surface area contributed by atoms with Crippen molar-refractivity contribution in [3.8, 4) is 5.75 Å². The Labute approximate surface area is 89.1 Å². The summed E-state index contributed by atoms with van der Waals surface area (Å²) in [4.78, 5) is 21.3. The maximum absolute atomic E-state index is 10.7. The SMILES string of the molecule is CC(C)(Oc1ccccc1)C(C=O)C=O. The van der Waals surface area contributed by atoms with Crippen LogP contribution in [0.25, 0.3) is 0 Å². The maximum atomic E-state index is 10.7. The molecule has 0 bridgehead atoms. The number of aldehydes is 2. The molecule has 0 fully saturated rings. The van der Waals surface area contributed by atoms with E-state index >= 15 is 0 Å². The van der Waals surface area contributed by atoms with Gasteiger partial charge in [-0.05, 0) is 26.0 Å². The minimum atomic E-state index is -0.815. The van der Waals surface area contributed by atoms with Crippen molar-refractivity contribution in [3.63, 3.8) is 0 Å². The number of hydrogen-bond acceptors (Lipinski definition) is 3. The molecule has 0 heterocycles. The van der Waals surface area contributed by atoms with Crippen LogP contribution in [0.5, 0.6) is 5.75 Å². The zero-order valence-corrected chi connectivity index (χ0v) is 8.84. The summed E-state index contributed by atoms with van der Waals surface area (Å²) in [5.41, 5.74) is -0.815. The molecule has 1 aromatic carbocycles. The first-order valence-electron chi connectivity index (χ1n) is 4.75. The fourth-order valence-corrected chi connectivity index (χ4v) is 1.22. The molecule has 0 aliphatic heterocycles. The van der Waals surface area contributed by atoms with Crippen LogP contribution in [0.15, 0.2) is 30.3 Å². The summed E-state index contributed by atoms with van der Waals surface area (Å²) < 4.78 is 5.58. The van der Waals surface area contributed by atoms with Crippen LogP contribution >= 0.6 is 0 Å². The van der Waals surface area contributed by atoms with E-state index in [-0.39, 0.29) is 0 Å². The average molecular weight is 206 g/mol. The minimum absolute atomic E-state index is 0.607. The normalized spacial score (nSPS) is 11.1. The number of rotatable bonds is 5. The Morgan fingerprint density at radius 1 is 1.13 bits per heavy atom. The summed E-state index contributed by atoms with van der Waals surface area (Å²) >= 11 is 0. The van der Waals surface area contributed by atoms with Crippen molar-refractivity contribution in [3.05, 3.63) is 30.3 Å². The van der Waals surface area contributed by atoms with E-state index in [2.05, 4.69) is 0 Å². The number of hydrogen-bond donors (Lipinski definition) is 0. The molecule has 0 aliphatic rings. The molecule has 0 amide bonds. The first-order chi connectivity index (χ1) is 7.10. The highest BCUT2D eigenvalue weighted by Crippen LogP contribution is 2.22. The summed E-state index contributed by atoms with van der Waals surface area (Å²) in [6.07, 6.45) is 1.21. The van der Waals surface area contributed by atoms with Gasteiger partial charge in [-0.25, -0.2) is 0 Å². The third kappa shape index (κ3) is 2.91. The fourth-order valence-electron chi connectivity index (χ4n) is 1.22. The Morgan fingerprint density at radius 3 is 2.13 bits per heavy atom. The second kappa shape index (κ2) is 4.73. The molecule has 0 unspecified atom stereocenters. The lowest BCUT2D eigenvalue weighted by atomic mass is 9.93. The molecule has 0 spiro atoms. The first kappa shape index (κ1) is 11.4. The van der Waals surface area contributed by atoms with Gasteiger partial charge >= 0.3 is 0 Å². The van der Waals surface area contributed by atoms with Gasteiger partial charge < -0.3 is 14.3 Å². The highest BCUT2D eigenvalue weighted by molar-refractivity contribution is 5.79. The van der Waals surface area contributed by atoms with Crippen LogP contribution in [0.2, 0.25) is 0 Å². The molecule has 0 saturated heterocycles. The number of benzene rings is 1. The van der Waals surface area contributed by atoms with Crippen molar-refractivity contribution < 1.29 is 14.3 Å². The monoisotopic (exact) mass is 206 g/mol. The van der Waals surface area contributed by atoms with Gasteiger partial charge in [0, 0.05) is 0 Å². The van der Waals surface area contributed by atoms with Gasteiger partial charge in [-0.1, -0.05) is 18.2 Å². The molecule has 0 aliphatic carbocycles. The van der Waals surface area contributed by atoms with E-state index in [0.29, 0.717) is 18.3 Å². The lowest BCUT2D eigenvalue weighted by molar-refractivity contribution is -0.126. The standard InChI is InChI=1S/C12H14O3/c1-12(2,10(8-13)9-14)15-11-6-4-3-5-7-11/h3-10H,1-2H3. The quantitative estimate of drug-likeness (QED) is 0.545. The van der Waals surface area contributed by atoms with Gasteiger partial charge in [-0.15, -0.1) is 0 Å². The minimum Gasteiger partial charge on any atom is -0.487 e. The molecule has 80 valence electrons. The van der Waals surface area contributed by atoms with Crippen LogP contribution in [0.3, 0.4) is 0 Å². The van der Waals surface area contributed by atoms with E-state index in [9.17, 15) is 9.59 Å². The predicted octanol–water partition coefficient (Wildman–Crippen LogP) is 1.86. The number of ether oxygens (including phenoxy) is 1. The van der Waals surface area contributed by atoms with Crippen molar-refractivity contribution in [1.82, 2.24) is 0 Å². The molecule has 1 rings (SSSR count). The third-order valence-electron chi connectivity index (χ3n) is 2.22. The van der Waals surface area contributed by atoms with Crippen molar-refractivity contribution in [2.75, 3.05) is 0 Å². The maximum Gasteiger partial charge on any atom is 0.134 e. The largest absolute Gasteiger partial charge is 0.487 e. The predicted molar refractivity (Wildman–Crippen MR) is 56.8 cm³/mol. The van der Waals surface area contributed by atoms with Crippen molar-refractivity contribution in [2.24, 2.45) is 5.92 Å². The van der Waals surface area contributed by atoms with Crippen LogP contribution in [0.4, 0.5) is 0 Å². The Morgan fingerprint density at radius 2 is 1.67 bits per heavy atom. The molecule has 0 radical (unpaired) electrons. The van der Waals surface area contributed by atoms with Gasteiger partial charge in [-0.3, -0.25) is 0 Å². The van der Waals surface area contributed by atoms with Crippen molar-refractivity contribution in [1.29, 1.82) is 0 Å². The average Bonchev–Trinajstić information content (AvgIpc) is 2.19. The topological polar surface area (TPSA) is 43.4 Å². The van der Waals surface area contributed by atoms with E-state index in [4.69, 9.17) is 4.74 Å². The lowest BCUT2D eigenvalue weighted by Gasteiger charge is -2.28. The first-order valence-corrected chi connectivity index (χ1v) is 4.75. The zero-order valence-electron chi connectivity index (χ0n) is 8.84. The summed E-state index contributed by atoms with van der Waals surface area (Å²) in [6, 6.07) is 9.12. The molecule has 1 aromatic rings. The Balaban J connectivity index is 2.79. The summed E-state index contributed by atoms with van der Waals surface area (Å²) in [7, 11) is 0. The zero-order chi connectivity index (χ0) is 11.3. The van der Waals surface area contributed by atoms with E-state index in [1.54, 1.807) is 26.0 Å². The molecule has 0 aromatic heterocycles. The highest BCUT2D eigenvalue weighted by atomic mass is 16.5. The van der Waals surface area contributed by atoms with Crippen molar-refractivity contribution in [2.45, 2.75) is 19.4 Å². The van der Waals surface area contributed by atoms with E-state index < -0.39 is 11.5 Å². The van der Waals surface area contributed by atoms with Crippen LogP contribution in [0, 0.1) is 5.92 Å². The Bertz CT molecular complexity index is 322. The molecule has 3 heteroatoms. The lowest BCUT2D eigenvalue weighted by Crippen LogP contribution is -2.39. The second-order valence-corrected chi connectivity index (χ2v) is 3.82. The Hall–Kier alpha value is -1.64. The highest BCUT2D eigenvalue weighted by Gasteiger charge is 2.31.